The number of nitrogens with one attached hydrogen (secondary N) is 1. The van der Waals surface area contributed by atoms with Crippen LogP contribution in [0.2, 0.25) is 0 Å². The van der Waals surface area contributed by atoms with E-state index in [2.05, 4.69) is 24.3 Å². The number of hydrogen-bond donors (Lipinski definition) is 2. The molecule has 116 valence electrons. The highest BCUT2D eigenvalue weighted by Crippen LogP contribution is 2.38. The summed E-state index contributed by atoms with van der Waals surface area (Å²) in [7, 11) is 4.29. The van der Waals surface area contributed by atoms with Crippen LogP contribution < -0.4 is 11.1 Å². The van der Waals surface area contributed by atoms with Gasteiger partial charge in [0.1, 0.15) is 0 Å². The number of rotatable bonds is 5. The van der Waals surface area contributed by atoms with E-state index in [0.717, 1.165) is 32.2 Å². The van der Waals surface area contributed by atoms with Crippen LogP contribution in [0.1, 0.15) is 57.8 Å². The Morgan fingerprint density at radius 1 is 1.05 bits per heavy atom. The predicted octanol–water partition coefficient (Wildman–Crippen LogP) is 1.89. The predicted molar refractivity (Wildman–Crippen MR) is 82.5 cm³/mol. The third-order valence-electron chi connectivity index (χ3n) is 5.74. The average molecular weight is 281 g/mol. The zero-order valence-corrected chi connectivity index (χ0v) is 13.2. The fourth-order valence-corrected chi connectivity index (χ4v) is 4.00. The first kappa shape index (κ1) is 15.8. The van der Waals surface area contributed by atoms with Gasteiger partial charge in [0.25, 0.3) is 0 Å². The van der Waals surface area contributed by atoms with Gasteiger partial charge in [0, 0.05) is 18.6 Å². The highest BCUT2D eigenvalue weighted by Gasteiger charge is 2.41. The zero-order valence-electron chi connectivity index (χ0n) is 13.2. The fourth-order valence-electron chi connectivity index (χ4n) is 4.00. The first-order chi connectivity index (χ1) is 9.55. The normalized spacial score (nSPS) is 24.8. The van der Waals surface area contributed by atoms with Gasteiger partial charge in [0.2, 0.25) is 5.91 Å². The highest BCUT2D eigenvalue weighted by atomic mass is 16.2. The van der Waals surface area contributed by atoms with Crippen LogP contribution in [0.25, 0.3) is 0 Å². The van der Waals surface area contributed by atoms with E-state index in [0.29, 0.717) is 6.54 Å². The van der Waals surface area contributed by atoms with Gasteiger partial charge in [0.15, 0.2) is 0 Å². The van der Waals surface area contributed by atoms with Gasteiger partial charge in [-0.05, 0) is 39.8 Å². The summed E-state index contributed by atoms with van der Waals surface area (Å²) in [6, 6.07) is 0. The van der Waals surface area contributed by atoms with E-state index < -0.39 is 0 Å². The third-order valence-corrected chi connectivity index (χ3v) is 5.74. The van der Waals surface area contributed by atoms with Crippen molar-refractivity contribution < 1.29 is 4.79 Å². The quantitative estimate of drug-likeness (QED) is 0.809. The molecule has 20 heavy (non-hydrogen) atoms. The maximum Gasteiger partial charge on any atom is 0.227 e. The molecule has 0 aliphatic heterocycles. The molecule has 0 radical (unpaired) electrons. The Morgan fingerprint density at radius 2 is 1.60 bits per heavy atom. The molecular weight excluding hydrogens is 250 g/mol. The van der Waals surface area contributed by atoms with Gasteiger partial charge < -0.3 is 16.0 Å². The maximum absolute atomic E-state index is 12.6. The van der Waals surface area contributed by atoms with E-state index in [4.69, 9.17) is 5.73 Å². The molecule has 0 bridgehead atoms. The Labute approximate surface area is 123 Å². The minimum atomic E-state index is -0.276. The summed E-state index contributed by atoms with van der Waals surface area (Å²) < 4.78 is 0. The minimum Gasteiger partial charge on any atom is -0.354 e. The lowest BCUT2D eigenvalue weighted by atomic mass is 9.79. The van der Waals surface area contributed by atoms with E-state index in [9.17, 15) is 4.79 Å². The number of nitrogens with two attached hydrogens (primary N) is 1. The van der Waals surface area contributed by atoms with Gasteiger partial charge in [-0.15, -0.1) is 0 Å². The molecule has 2 aliphatic rings. The molecular formula is C16H31N3O. The van der Waals surface area contributed by atoms with E-state index in [1.807, 2.05) is 0 Å². The van der Waals surface area contributed by atoms with Crippen LogP contribution in [0.5, 0.6) is 0 Å². The molecule has 1 amide bonds. The molecule has 2 rings (SSSR count). The molecule has 0 aromatic heterocycles. The zero-order chi connectivity index (χ0) is 14.6. The number of likely N-dealkylation sites (N-methyl/N-ethyl adjacent to an activating group) is 1. The van der Waals surface area contributed by atoms with Crippen molar-refractivity contribution in [3.63, 3.8) is 0 Å². The van der Waals surface area contributed by atoms with E-state index >= 15 is 0 Å². The summed E-state index contributed by atoms with van der Waals surface area (Å²) in [6.07, 6.45) is 10.5. The van der Waals surface area contributed by atoms with Crippen molar-refractivity contribution in [3.05, 3.63) is 0 Å². The second kappa shape index (κ2) is 6.44. The second-order valence-electron chi connectivity index (χ2n) is 7.05. The first-order valence-electron chi connectivity index (χ1n) is 8.21. The van der Waals surface area contributed by atoms with Crippen LogP contribution in [0.3, 0.4) is 0 Å². The van der Waals surface area contributed by atoms with Gasteiger partial charge in [-0.3, -0.25) is 4.79 Å². The molecule has 0 atom stereocenters. The molecule has 4 nitrogen and oxygen atoms in total. The smallest absolute Gasteiger partial charge is 0.227 e. The molecule has 0 aromatic rings. The molecule has 0 spiro atoms. The summed E-state index contributed by atoms with van der Waals surface area (Å²) in [4.78, 5) is 14.9. The van der Waals surface area contributed by atoms with Crippen molar-refractivity contribution in [1.29, 1.82) is 0 Å². The average Bonchev–Trinajstić information content (AvgIpc) is 2.95. The van der Waals surface area contributed by atoms with Crippen LogP contribution in [0.4, 0.5) is 0 Å². The van der Waals surface area contributed by atoms with E-state index in [1.54, 1.807) is 0 Å². The summed E-state index contributed by atoms with van der Waals surface area (Å²) >= 11 is 0. The molecule has 2 saturated carbocycles. The monoisotopic (exact) mass is 281 g/mol. The second-order valence-corrected chi connectivity index (χ2v) is 7.05. The summed E-state index contributed by atoms with van der Waals surface area (Å²) in [5.74, 6) is 0.198. The Morgan fingerprint density at radius 3 is 2.10 bits per heavy atom. The van der Waals surface area contributed by atoms with Crippen LogP contribution in [0.15, 0.2) is 0 Å². The lowest BCUT2D eigenvalue weighted by Crippen LogP contribution is -2.56. The standard InChI is InChI=1S/C16H31N3O/c1-19(2)16(10-4-3-5-11-16)13-18-14(20)15(12-17)8-6-7-9-15/h3-13,17H2,1-2H3,(H,18,20). The van der Waals surface area contributed by atoms with Crippen molar-refractivity contribution in [2.75, 3.05) is 27.2 Å². The number of hydrogen-bond acceptors (Lipinski definition) is 3. The Balaban J connectivity index is 1.97. The Kier molecular flexibility index (Phi) is 5.08. The lowest BCUT2D eigenvalue weighted by Gasteiger charge is -2.43. The SMILES string of the molecule is CN(C)C1(CNC(=O)C2(CN)CCCC2)CCCCC1. The lowest BCUT2D eigenvalue weighted by molar-refractivity contribution is -0.131. The maximum atomic E-state index is 12.6. The van der Waals surface area contributed by atoms with Gasteiger partial charge in [-0.25, -0.2) is 0 Å². The van der Waals surface area contributed by atoms with Gasteiger partial charge >= 0.3 is 0 Å². The van der Waals surface area contributed by atoms with Crippen LogP contribution in [0, 0.1) is 5.41 Å². The van der Waals surface area contributed by atoms with E-state index in [1.165, 1.54) is 32.1 Å². The van der Waals surface area contributed by atoms with Crippen molar-refractivity contribution in [2.24, 2.45) is 11.1 Å². The Hall–Kier alpha value is -0.610. The molecule has 0 heterocycles. The summed E-state index contributed by atoms with van der Waals surface area (Å²) in [6.45, 7) is 1.27. The van der Waals surface area contributed by atoms with Crippen LogP contribution in [-0.2, 0) is 4.79 Å². The van der Waals surface area contributed by atoms with Crippen molar-refractivity contribution in [1.82, 2.24) is 10.2 Å². The Bertz CT molecular complexity index is 329. The number of amides is 1. The number of carbonyl (C=O) groups excluding carboxylic acids is 1. The topological polar surface area (TPSA) is 58.4 Å². The van der Waals surface area contributed by atoms with Gasteiger partial charge in [0.05, 0.1) is 5.41 Å². The van der Waals surface area contributed by atoms with Crippen LogP contribution in [-0.4, -0.2) is 43.5 Å². The number of nitrogens with zero attached hydrogens (tertiary/aromatic N) is 1. The molecule has 2 aliphatic carbocycles. The van der Waals surface area contributed by atoms with Crippen molar-refractivity contribution in [2.45, 2.75) is 63.3 Å². The minimum absolute atomic E-state index is 0.155. The summed E-state index contributed by atoms with van der Waals surface area (Å²) in [5.41, 5.74) is 5.78. The molecule has 0 unspecified atom stereocenters. The number of carbonyl (C=O) groups is 1. The molecule has 4 heteroatoms. The summed E-state index contributed by atoms with van der Waals surface area (Å²) in [5, 5.41) is 3.25. The molecule has 0 saturated heterocycles. The fraction of sp³-hybridized carbons (Fsp3) is 0.938. The largest absolute Gasteiger partial charge is 0.354 e. The van der Waals surface area contributed by atoms with Crippen LogP contribution >= 0.6 is 0 Å². The van der Waals surface area contributed by atoms with E-state index in [-0.39, 0.29) is 16.9 Å². The molecule has 0 aromatic carbocycles. The van der Waals surface area contributed by atoms with Gasteiger partial charge in [-0.1, -0.05) is 32.1 Å². The highest BCUT2D eigenvalue weighted by molar-refractivity contribution is 5.83. The first-order valence-corrected chi connectivity index (χ1v) is 8.21. The van der Waals surface area contributed by atoms with Gasteiger partial charge in [-0.2, -0.15) is 0 Å². The molecule has 2 fully saturated rings. The van der Waals surface area contributed by atoms with Crippen molar-refractivity contribution in [3.8, 4) is 0 Å². The van der Waals surface area contributed by atoms with Crippen molar-refractivity contribution >= 4 is 5.91 Å². The third kappa shape index (κ3) is 3.01. The molecule has 3 N–H and O–H groups in total.